The van der Waals surface area contributed by atoms with Gasteiger partial charge >= 0.3 is 0 Å². The average molecular weight is 357 g/mol. The number of pyridine rings is 1. The summed E-state index contributed by atoms with van der Waals surface area (Å²) in [7, 11) is 0. The summed E-state index contributed by atoms with van der Waals surface area (Å²) in [6.07, 6.45) is 1.54. The highest BCUT2D eigenvalue weighted by molar-refractivity contribution is 9.10. The monoisotopic (exact) mass is 355 g/mol. The number of carbonyl (C=O) groups excluding carboxylic acids is 1. The minimum Gasteiger partial charge on any atom is -0.397 e. The highest BCUT2D eigenvalue weighted by atomic mass is 79.9. The molecule has 0 radical (unpaired) electrons. The Balaban J connectivity index is 2.11. The number of amides is 1. The Morgan fingerprint density at radius 1 is 1.40 bits per heavy atom. The van der Waals surface area contributed by atoms with Gasteiger partial charge in [-0.3, -0.25) is 9.59 Å². The van der Waals surface area contributed by atoms with E-state index in [0.29, 0.717) is 20.9 Å². The molecular weight excluding hydrogens is 346 g/mol. The van der Waals surface area contributed by atoms with Gasteiger partial charge in [-0.05, 0) is 46.3 Å². The van der Waals surface area contributed by atoms with Gasteiger partial charge in [0.05, 0.1) is 15.2 Å². The van der Waals surface area contributed by atoms with Crippen LogP contribution >= 0.6 is 27.5 Å². The largest absolute Gasteiger partial charge is 0.397 e. The lowest BCUT2D eigenvalue weighted by Crippen LogP contribution is -2.27. The molecule has 1 aromatic carbocycles. The van der Waals surface area contributed by atoms with Gasteiger partial charge in [0.25, 0.3) is 5.56 Å². The fraction of sp³-hybridized carbons (Fsp3) is 0.0769. The molecule has 0 unspecified atom stereocenters. The summed E-state index contributed by atoms with van der Waals surface area (Å²) in [5, 5.41) is 3.07. The van der Waals surface area contributed by atoms with Gasteiger partial charge in [-0.15, -0.1) is 0 Å². The van der Waals surface area contributed by atoms with E-state index in [1.165, 1.54) is 4.57 Å². The summed E-state index contributed by atoms with van der Waals surface area (Å²) >= 11 is 8.92. The number of nitrogens with two attached hydrogens (primary N) is 1. The number of nitrogen functional groups attached to an aromatic ring is 1. The van der Waals surface area contributed by atoms with Crippen molar-refractivity contribution in [1.29, 1.82) is 0 Å². The maximum Gasteiger partial charge on any atom is 0.265 e. The third-order valence-corrected chi connectivity index (χ3v) is 3.52. The fourth-order valence-corrected chi connectivity index (χ4v) is 2.11. The average Bonchev–Trinajstić information content (AvgIpc) is 2.39. The van der Waals surface area contributed by atoms with E-state index in [0.717, 1.165) is 0 Å². The summed E-state index contributed by atoms with van der Waals surface area (Å²) in [5.74, 6) is -0.327. The Kier molecular flexibility index (Phi) is 4.46. The van der Waals surface area contributed by atoms with E-state index in [-0.39, 0.29) is 18.0 Å². The van der Waals surface area contributed by atoms with Crippen LogP contribution in [-0.4, -0.2) is 10.5 Å². The molecule has 0 aliphatic carbocycles. The lowest BCUT2D eigenvalue weighted by molar-refractivity contribution is -0.116. The second-order valence-electron chi connectivity index (χ2n) is 4.07. The molecule has 3 N–H and O–H groups in total. The molecule has 20 heavy (non-hydrogen) atoms. The van der Waals surface area contributed by atoms with Crippen LogP contribution in [-0.2, 0) is 11.3 Å². The van der Waals surface area contributed by atoms with Crippen LogP contribution in [0.25, 0.3) is 0 Å². The zero-order valence-electron chi connectivity index (χ0n) is 10.3. The number of nitrogens with zero attached hydrogens (tertiary/aromatic N) is 1. The van der Waals surface area contributed by atoms with E-state index in [4.69, 9.17) is 17.3 Å². The third-order valence-electron chi connectivity index (χ3n) is 2.57. The number of hydrogen-bond donors (Lipinski definition) is 2. The number of halogens is 2. The Hall–Kier alpha value is -1.79. The summed E-state index contributed by atoms with van der Waals surface area (Å²) in [6, 6.07) is 8.09. The molecule has 104 valence electrons. The number of nitrogens with one attached hydrogen (secondary N) is 1. The van der Waals surface area contributed by atoms with E-state index in [9.17, 15) is 9.59 Å². The molecule has 1 aromatic heterocycles. The molecule has 0 aliphatic heterocycles. The lowest BCUT2D eigenvalue weighted by Gasteiger charge is -2.08. The van der Waals surface area contributed by atoms with Crippen molar-refractivity contribution >= 4 is 44.8 Å². The number of anilines is 2. The van der Waals surface area contributed by atoms with Crippen molar-refractivity contribution in [2.24, 2.45) is 0 Å². The van der Waals surface area contributed by atoms with Crippen molar-refractivity contribution < 1.29 is 4.79 Å². The molecular formula is C13H11BrClN3O2. The maximum absolute atomic E-state index is 11.9. The highest BCUT2D eigenvalue weighted by Gasteiger charge is 2.07. The second-order valence-corrected chi connectivity index (χ2v) is 5.34. The van der Waals surface area contributed by atoms with Gasteiger partial charge in [-0.2, -0.15) is 0 Å². The minimum absolute atomic E-state index is 0.0825. The molecule has 2 rings (SSSR count). The van der Waals surface area contributed by atoms with Crippen LogP contribution < -0.4 is 16.6 Å². The second kappa shape index (κ2) is 6.11. The van der Waals surface area contributed by atoms with Gasteiger partial charge in [0.15, 0.2) is 0 Å². The standard InChI is InChI=1S/C13H11BrClN3O2/c14-9-2-1-5-18(13(9)20)7-12(19)17-8-3-4-10(15)11(16)6-8/h1-6H,7,16H2,(H,17,19). The Morgan fingerprint density at radius 2 is 2.15 bits per heavy atom. The van der Waals surface area contributed by atoms with Crippen LogP contribution in [0.1, 0.15) is 0 Å². The molecule has 0 saturated heterocycles. The first-order chi connectivity index (χ1) is 9.47. The van der Waals surface area contributed by atoms with Crippen molar-refractivity contribution in [3.63, 3.8) is 0 Å². The van der Waals surface area contributed by atoms with E-state index >= 15 is 0 Å². The van der Waals surface area contributed by atoms with E-state index < -0.39 is 0 Å². The van der Waals surface area contributed by atoms with Crippen molar-refractivity contribution in [1.82, 2.24) is 4.57 Å². The summed E-state index contributed by atoms with van der Waals surface area (Å²) in [4.78, 5) is 23.6. The predicted octanol–water partition coefficient (Wildman–Crippen LogP) is 2.49. The van der Waals surface area contributed by atoms with Gasteiger partial charge in [0, 0.05) is 11.9 Å². The number of aromatic nitrogens is 1. The summed E-state index contributed by atoms with van der Waals surface area (Å²) < 4.78 is 1.71. The first-order valence-electron chi connectivity index (χ1n) is 5.67. The zero-order valence-corrected chi connectivity index (χ0v) is 12.6. The van der Waals surface area contributed by atoms with Crippen LogP contribution in [0.3, 0.4) is 0 Å². The van der Waals surface area contributed by atoms with Crippen molar-refractivity contribution in [3.8, 4) is 0 Å². The topological polar surface area (TPSA) is 77.1 Å². The normalized spacial score (nSPS) is 10.3. The molecule has 0 atom stereocenters. The van der Waals surface area contributed by atoms with Crippen molar-refractivity contribution in [2.75, 3.05) is 11.1 Å². The van der Waals surface area contributed by atoms with E-state index in [2.05, 4.69) is 21.2 Å². The quantitative estimate of drug-likeness (QED) is 0.830. The number of rotatable bonds is 3. The first kappa shape index (κ1) is 14.6. The van der Waals surface area contributed by atoms with Gasteiger partial charge in [-0.1, -0.05) is 11.6 Å². The fourth-order valence-electron chi connectivity index (χ4n) is 1.61. The number of benzene rings is 1. The summed E-state index contributed by atoms with van der Waals surface area (Å²) in [6.45, 7) is -0.0825. The van der Waals surface area contributed by atoms with Crippen LogP contribution in [0, 0.1) is 0 Å². The van der Waals surface area contributed by atoms with E-state index in [1.54, 1.807) is 36.5 Å². The highest BCUT2D eigenvalue weighted by Crippen LogP contribution is 2.22. The van der Waals surface area contributed by atoms with Gasteiger partial charge in [0.1, 0.15) is 6.54 Å². The van der Waals surface area contributed by atoms with Crippen molar-refractivity contribution in [3.05, 3.63) is 56.4 Å². The van der Waals surface area contributed by atoms with Crippen LogP contribution in [0.5, 0.6) is 0 Å². The maximum atomic E-state index is 11.9. The lowest BCUT2D eigenvalue weighted by atomic mass is 10.3. The van der Waals surface area contributed by atoms with Gasteiger partial charge in [0.2, 0.25) is 5.91 Å². The smallest absolute Gasteiger partial charge is 0.265 e. The van der Waals surface area contributed by atoms with Crippen molar-refractivity contribution in [2.45, 2.75) is 6.54 Å². The molecule has 0 spiro atoms. The SMILES string of the molecule is Nc1cc(NC(=O)Cn2cccc(Br)c2=O)ccc1Cl. The molecule has 0 aliphatic rings. The molecule has 1 amide bonds. The first-order valence-corrected chi connectivity index (χ1v) is 6.84. The molecule has 0 saturated carbocycles. The van der Waals surface area contributed by atoms with Gasteiger partial charge in [-0.25, -0.2) is 0 Å². The Bertz CT molecular complexity index is 715. The molecule has 5 nitrogen and oxygen atoms in total. The predicted molar refractivity (Wildman–Crippen MR) is 82.9 cm³/mol. The third kappa shape index (κ3) is 3.40. The molecule has 0 bridgehead atoms. The number of carbonyl (C=O) groups is 1. The van der Waals surface area contributed by atoms with Crippen LogP contribution in [0.4, 0.5) is 11.4 Å². The Morgan fingerprint density at radius 3 is 2.85 bits per heavy atom. The molecule has 2 aromatic rings. The molecule has 1 heterocycles. The minimum atomic E-state index is -0.327. The number of hydrogen-bond acceptors (Lipinski definition) is 3. The van der Waals surface area contributed by atoms with Crippen LogP contribution in [0.2, 0.25) is 5.02 Å². The van der Waals surface area contributed by atoms with Crippen LogP contribution in [0.15, 0.2) is 45.8 Å². The molecule has 0 fully saturated rings. The zero-order chi connectivity index (χ0) is 14.7. The Labute approximate surface area is 128 Å². The van der Waals surface area contributed by atoms with E-state index in [1.807, 2.05) is 0 Å². The summed E-state index contributed by atoms with van der Waals surface area (Å²) in [5.41, 5.74) is 6.29. The van der Waals surface area contributed by atoms with Gasteiger partial charge < -0.3 is 15.6 Å². The molecule has 7 heteroatoms.